The Morgan fingerprint density at radius 3 is 2.64 bits per heavy atom. The van der Waals surface area contributed by atoms with Crippen LogP contribution in [0.5, 0.6) is 0 Å². The van der Waals surface area contributed by atoms with Gasteiger partial charge < -0.3 is 8.98 Å². The number of imidazole rings is 1. The second-order valence-electron chi connectivity index (χ2n) is 4.87. The number of nitrogens with zero attached hydrogens (tertiary/aromatic N) is 2. The molecule has 111 valence electrons. The fraction of sp³-hybridized carbons (Fsp3) is 0.0588. The molecule has 0 unspecified atom stereocenters. The first-order chi connectivity index (χ1) is 10.2. The van der Waals surface area contributed by atoms with E-state index in [2.05, 4.69) is 11.1 Å². The van der Waals surface area contributed by atoms with E-state index in [0.717, 1.165) is 16.4 Å². The molecule has 0 aliphatic rings. The normalized spacial score (nSPS) is 10.8. The summed E-state index contributed by atoms with van der Waals surface area (Å²) in [5.41, 5.74) is 2.27. The van der Waals surface area contributed by atoms with Gasteiger partial charge in [0.05, 0.1) is 22.4 Å². The summed E-state index contributed by atoms with van der Waals surface area (Å²) in [7, 11) is 1.88. The van der Waals surface area contributed by atoms with Crippen molar-refractivity contribution in [3.63, 3.8) is 0 Å². The van der Waals surface area contributed by atoms with Crippen molar-refractivity contribution in [2.24, 2.45) is 7.05 Å². The Labute approximate surface area is 139 Å². The minimum absolute atomic E-state index is 0. The van der Waals surface area contributed by atoms with E-state index in [-0.39, 0.29) is 20.1 Å². The first-order valence-electron chi connectivity index (χ1n) is 6.61. The van der Waals surface area contributed by atoms with Crippen molar-refractivity contribution in [2.45, 2.75) is 0 Å². The summed E-state index contributed by atoms with van der Waals surface area (Å²) in [6.07, 6.45) is 0. The van der Waals surface area contributed by atoms with E-state index in [1.165, 1.54) is 0 Å². The van der Waals surface area contributed by atoms with E-state index < -0.39 is 5.63 Å². The minimum Gasteiger partial charge on any atom is -0.496 e. The third-order valence-electron chi connectivity index (χ3n) is 3.56. The number of benzene rings is 2. The van der Waals surface area contributed by atoms with Crippen LogP contribution in [0.2, 0.25) is 0 Å². The van der Waals surface area contributed by atoms with Gasteiger partial charge in [-0.1, -0.05) is 35.7 Å². The van der Waals surface area contributed by atoms with Crippen LogP contribution >= 0.6 is 0 Å². The molecule has 2 aromatic carbocycles. The quantitative estimate of drug-likeness (QED) is 0.319. The molecule has 2 heterocycles. The molecular weight excluding hydrogens is 456 g/mol. The van der Waals surface area contributed by atoms with Gasteiger partial charge in [-0.25, -0.2) is 0 Å². The van der Waals surface area contributed by atoms with Crippen molar-refractivity contribution in [1.82, 2.24) is 9.55 Å². The van der Waals surface area contributed by atoms with Crippen LogP contribution in [0.4, 0.5) is 0 Å². The maximum absolute atomic E-state index is 12.2. The van der Waals surface area contributed by atoms with Gasteiger partial charge >= 0.3 is 0 Å². The average Bonchev–Trinajstić information content (AvgIpc) is 2.84. The van der Waals surface area contributed by atoms with Gasteiger partial charge in [0.2, 0.25) is 0 Å². The predicted molar refractivity (Wildman–Crippen MR) is 81.0 cm³/mol. The third kappa shape index (κ3) is 2.19. The van der Waals surface area contributed by atoms with Gasteiger partial charge in [-0.15, -0.1) is 12.1 Å². The third-order valence-corrected chi connectivity index (χ3v) is 3.56. The van der Waals surface area contributed by atoms with Crippen LogP contribution in [0.25, 0.3) is 33.4 Å². The van der Waals surface area contributed by atoms with Crippen molar-refractivity contribution in [2.75, 3.05) is 0 Å². The van der Waals surface area contributed by atoms with Crippen LogP contribution in [-0.4, -0.2) is 9.55 Å². The van der Waals surface area contributed by atoms with Crippen LogP contribution < -0.4 is 5.63 Å². The smallest absolute Gasteiger partial charge is 0.269 e. The van der Waals surface area contributed by atoms with Crippen LogP contribution in [0.15, 0.2) is 57.7 Å². The van der Waals surface area contributed by atoms with Crippen LogP contribution in [0.1, 0.15) is 0 Å². The second-order valence-corrected chi connectivity index (χ2v) is 4.87. The van der Waals surface area contributed by atoms with E-state index in [9.17, 15) is 4.79 Å². The van der Waals surface area contributed by atoms with E-state index in [4.69, 9.17) is 4.42 Å². The SMILES string of the molecule is Cn1c(-c2[c-]c3ccccc3oc2=O)nc2ccccc21.[Ir]. The van der Waals surface area contributed by atoms with Gasteiger partial charge in [-0.3, -0.25) is 9.78 Å². The van der Waals surface area contributed by atoms with Crippen molar-refractivity contribution in [3.8, 4) is 11.4 Å². The number of fused-ring (bicyclic) bond motifs is 2. The van der Waals surface area contributed by atoms with Gasteiger partial charge in [0.1, 0.15) is 0 Å². The van der Waals surface area contributed by atoms with Gasteiger partial charge in [0, 0.05) is 32.7 Å². The number of rotatable bonds is 1. The number of aryl methyl sites for hydroxylation is 1. The van der Waals surface area contributed by atoms with Crippen molar-refractivity contribution in [3.05, 3.63) is 65.0 Å². The summed E-state index contributed by atoms with van der Waals surface area (Å²) in [5, 5.41) is 0.763. The van der Waals surface area contributed by atoms with E-state index in [1.54, 1.807) is 6.07 Å². The van der Waals surface area contributed by atoms with Crippen molar-refractivity contribution in [1.29, 1.82) is 0 Å². The zero-order valence-electron chi connectivity index (χ0n) is 11.7. The Hall–Kier alpha value is -2.23. The Bertz CT molecular complexity index is 1030. The molecule has 4 aromatic rings. The zero-order valence-corrected chi connectivity index (χ0v) is 14.1. The molecule has 0 fully saturated rings. The predicted octanol–water partition coefficient (Wildman–Crippen LogP) is 3.14. The molecule has 0 saturated carbocycles. The molecule has 0 aliphatic heterocycles. The molecule has 22 heavy (non-hydrogen) atoms. The molecule has 4 nitrogen and oxygen atoms in total. The Kier molecular flexibility index (Phi) is 3.69. The molecule has 0 spiro atoms. The summed E-state index contributed by atoms with van der Waals surface area (Å²) in [6.45, 7) is 0. The standard InChI is InChI=1S/C17H11N2O2.Ir/c1-19-14-8-4-3-7-13(14)18-16(19)12-10-11-6-2-5-9-15(11)21-17(12)20;/h2-9H,1H3;/q-1;. The molecule has 5 heteroatoms. The van der Waals surface area contributed by atoms with Crippen molar-refractivity contribution >= 4 is 22.0 Å². The number of hydrogen-bond donors (Lipinski definition) is 0. The molecule has 0 saturated heterocycles. The molecule has 2 aromatic heterocycles. The van der Waals surface area contributed by atoms with Gasteiger partial charge in [0.25, 0.3) is 5.63 Å². The van der Waals surface area contributed by atoms with E-state index in [1.807, 2.05) is 54.1 Å². The monoisotopic (exact) mass is 468 g/mol. The molecule has 0 amide bonds. The van der Waals surface area contributed by atoms with Gasteiger partial charge in [0.15, 0.2) is 0 Å². The van der Waals surface area contributed by atoms with Crippen LogP contribution in [-0.2, 0) is 27.2 Å². The summed E-state index contributed by atoms with van der Waals surface area (Å²) in [4.78, 5) is 16.7. The molecule has 0 bridgehead atoms. The van der Waals surface area contributed by atoms with E-state index >= 15 is 0 Å². The fourth-order valence-electron chi connectivity index (χ4n) is 2.51. The molecule has 4 rings (SSSR count). The Morgan fingerprint density at radius 1 is 1.09 bits per heavy atom. The molecular formula is C17H11IrN2O2-. The van der Waals surface area contributed by atoms with Gasteiger partial charge in [-0.05, 0) is 12.1 Å². The summed E-state index contributed by atoms with van der Waals surface area (Å²) < 4.78 is 7.24. The first-order valence-corrected chi connectivity index (χ1v) is 6.61. The molecule has 1 radical (unpaired) electrons. The molecule has 0 atom stereocenters. The Balaban J connectivity index is 0.00000144. The maximum Gasteiger partial charge on any atom is 0.269 e. The van der Waals surface area contributed by atoms with Crippen LogP contribution in [0.3, 0.4) is 0 Å². The summed E-state index contributed by atoms with van der Waals surface area (Å²) >= 11 is 0. The molecule has 0 aliphatic carbocycles. The first kappa shape index (κ1) is 14.7. The van der Waals surface area contributed by atoms with Crippen LogP contribution in [0, 0.1) is 6.07 Å². The van der Waals surface area contributed by atoms with E-state index in [0.29, 0.717) is 17.0 Å². The number of para-hydroxylation sites is 3. The average molecular weight is 468 g/mol. The van der Waals surface area contributed by atoms with Crippen molar-refractivity contribution < 1.29 is 24.5 Å². The maximum atomic E-state index is 12.2. The molecule has 0 N–H and O–H groups in total. The topological polar surface area (TPSA) is 48.0 Å². The summed E-state index contributed by atoms with van der Waals surface area (Å²) in [5.74, 6) is 0.565. The fourth-order valence-corrected chi connectivity index (χ4v) is 2.51. The Morgan fingerprint density at radius 2 is 1.82 bits per heavy atom. The largest absolute Gasteiger partial charge is 0.496 e. The second kappa shape index (κ2) is 5.52. The summed E-state index contributed by atoms with van der Waals surface area (Å²) in [6, 6.07) is 18.2. The number of hydrogen-bond acceptors (Lipinski definition) is 3. The number of aromatic nitrogens is 2. The zero-order chi connectivity index (χ0) is 14.4. The minimum atomic E-state index is -0.424. The van der Waals surface area contributed by atoms with Gasteiger partial charge in [-0.2, -0.15) is 0 Å².